The molecule has 0 amide bonds. The summed E-state index contributed by atoms with van der Waals surface area (Å²) in [6.07, 6.45) is 1.04. The Morgan fingerprint density at radius 1 is 1.47 bits per heavy atom. The Morgan fingerprint density at radius 2 is 2.27 bits per heavy atom. The van der Waals surface area contributed by atoms with Gasteiger partial charge in [-0.15, -0.1) is 0 Å². The first-order valence-electron chi connectivity index (χ1n) is 5.06. The summed E-state index contributed by atoms with van der Waals surface area (Å²) in [7, 11) is 1.65. The molecule has 1 aromatic carbocycles. The predicted octanol–water partition coefficient (Wildman–Crippen LogP) is 2.04. The third kappa shape index (κ3) is 1.63. The van der Waals surface area contributed by atoms with Crippen molar-refractivity contribution in [3.8, 4) is 5.75 Å². The standard InChI is InChI=1S/C11H15N3O/c1-3-6-14-10-5-4-8(15-2)7-9(10)13-11(14)12/h4-5,7H,3,6H2,1-2H3,(H2,12,13). The second-order valence-corrected chi connectivity index (χ2v) is 3.48. The molecular formula is C11H15N3O. The molecule has 4 heteroatoms. The number of methoxy groups -OCH3 is 1. The molecule has 80 valence electrons. The average molecular weight is 205 g/mol. The minimum atomic E-state index is 0.570. The zero-order valence-electron chi connectivity index (χ0n) is 9.03. The maximum Gasteiger partial charge on any atom is 0.201 e. The van der Waals surface area contributed by atoms with Crippen molar-refractivity contribution in [3.63, 3.8) is 0 Å². The summed E-state index contributed by atoms with van der Waals surface area (Å²) in [5, 5.41) is 0. The first-order valence-corrected chi connectivity index (χ1v) is 5.06. The van der Waals surface area contributed by atoms with E-state index < -0.39 is 0 Å². The van der Waals surface area contributed by atoms with Crippen LogP contribution in [-0.2, 0) is 6.54 Å². The molecule has 2 rings (SSSR count). The van der Waals surface area contributed by atoms with Crippen molar-refractivity contribution in [1.82, 2.24) is 9.55 Å². The van der Waals surface area contributed by atoms with Crippen LogP contribution in [-0.4, -0.2) is 16.7 Å². The van der Waals surface area contributed by atoms with Crippen LogP contribution in [0.25, 0.3) is 11.0 Å². The highest BCUT2D eigenvalue weighted by molar-refractivity contribution is 5.79. The largest absolute Gasteiger partial charge is 0.497 e. The zero-order chi connectivity index (χ0) is 10.8. The fraction of sp³-hybridized carbons (Fsp3) is 0.364. The zero-order valence-corrected chi connectivity index (χ0v) is 9.03. The Morgan fingerprint density at radius 3 is 2.93 bits per heavy atom. The highest BCUT2D eigenvalue weighted by Crippen LogP contribution is 2.22. The number of hydrogen-bond donors (Lipinski definition) is 1. The van der Waals surface area contributed by atoms with E-state index in [-0.39, 0.29) is 0 Å². The van der Waals surface area contributed by atoms with E-state index in [1.807, 2.05) is 22.8 Å². The minimum Gasteiger partial charge on any atom is -0.497 e. The quantitative estimate of drug-likeness (QED) is 0.834. The van der Waals surface area contributed by atoms with Gasteiger partial charge >= 0.3 is 0 Å². The SMILES string of the molecule is CCCn1c(N)nc2cc(OC)ccc21. The number of aryl methyl sites for hydroxylation is 1. The Hall–Kier alpha value is -1.71. The van der Waals surface area contributed by atoms with Crippen LogP contribution in [0.15, 0.2) is 18.2 Å². The van der Waals surface area contributed by atoms with Crippen LogP contribution in [0.5, 0.6) is 5.75 Å². The monoisotopic (exact) mass is 205 g/mol. The Kier molecular flexibility index (Phi) is 2.49. The van der Waals surface area contributed by atoms with Crippen molar-refractivity contribution in [2.45, 2.75) is 19.9 Å². The van der Waals surface area contributed by atoms with E-state index in [9.17, 15) is 0 Å². The molecule has 0 atom stereocenters. The van der Waals surface area contributed by atoms with Gasteiger partial charge in [-0.1, -0.05) is 6.92 Å². The van der Waals surface area contributed by atoms with Crippen LogP contribution in [0, 0.1) is 0 Å². The van der Waals surface area contributed by atoms with E-state index in [0.717, 1.165) is 29.7 Å². The second-order valence-electron chi connectivity index (χ2n) is 3.48. The molecule has 4 nitrogen and oxygen atoms in total. The van der Waals surface area contributed by atoms with Gasteiger partial charge in [-0.05, 0) is 18.6 Å². The van der Waals surface area contributed by atoms with Gasteiger partial charge in [0.15, 0.2) is 0 Å². The number of nitrogens with zero attached hydrogens (tertiary/aromatic N) is 2. The van der Waals surface area contributed by atoms with Crippen LogP contribution < -0.4 is 10.5 Å². The lowest BCUT2D eigenvalue weighted by atomic mass is 10.3. The number of fused-ring (bicyclic) bond motifs is 1. The molecule has 0 spiro atoms. The summed E-state index contributed by atoms with van der Waals surface area (Å²) in [5.74, 6) is 1.38. The van der Waals surface area contributed by atoms with Crippen molar-refractivity contribution in [1.29, 1.82) is 0 Å². The number of rotatable bonds is 3. The van der Waals surface area contributed by atoms with Crippen LogP contribution in [0.3, 0.4) is 0 Å². The molecule has 15 heavy (non-hydrogen) atoms. The molecule has 0 fully saturated rings. The molecule has 1 aromatic heterocycles. The topological polar surface area (TPSA) is 53.1 Å². The summed E-state index contributed by atoms with van der Waals surface area (Å²) >= 11 is 0. The Balaban J connectivity index is 2.58. The van der Waals surface area contributed by atoms with E-state index in [0.29, 0.717) is 5.95 Å². The van der Waals surface area contributed by atoms with Crippen molar-refractivity contribution in [2.75, 3.05) is 12.8 Å². The van der Waals surface area contributed by atoms with E-state index in [1.165, 1.54) is 0 Å². The molecule has 1 heterocycles. The van der Waals surface area contributed by atoms with Gasteiger partial charge in [-0.2, -0.15) is 0 Å². The smallest absolute Gasteiger partial charge is 0.201 e. The lowest BCUT2D eigenvalue weighted by Gasteiger charge is -2.03. The number of nitrogen functional groups attached to an aromatic ring is 1. The predicted molar refractivity (Wildman–Crippen MR) is 61.0 cm³/mol. The van der Waals surface area contributed by atoms with Gasteiger partial charge in [0, 0.05) is 12.6 Å². The first kappa shape index (κ1) is 9.83. The van der Waals surface area contributed by atoms with Crippen molar-refractivity contribution in [2.24, 2.45) is 0 Å². The number of imidazole rings is 1. The van der Waals surface area contributed by atoms with Crippen molar-refractivity contribution in [3.05, 3.63) is 18.2 Å². The fourth-order valence-electron chi connectivity index (χ4n) is 1.71. The summed E-state index contributed by atoms with van der Waals surface area (Å²) in [6.45, 7) is 3.02. The number of benzene rings is 1. The number of anilines is 1. The maximum atomic E-state index is 5.84. The van der Waals surface area contributed by atoms with E-state index in [1.54, 1.807) is 7.11 Å². The van der Waals surface area contributed by atoms with Crippen molar-refractivity contribution >= 4 is 17.0 Å². The van der Waals surface area contributed by atoms with Crippen LogP contribution in [0.4, 0.5) is 5.95 Å². The van der Waals surface area contributed by atoms with Gasteiger partial charge in [-0.25, -0.2) is 4.98 Å². The van der Waals surface area contributed by atoms with Gasteiger partial charge in [0.2, 0.25) is 5.95 Å². The molecule has 0 radical (unpaired) electrons. The second kappa shape index (κ2) is 3.81. The molecule has 0 bridgehead atoms. The molecule has 0 saturated heterocycles. The summed E-state index contributed by atoms with van der Waals surface area (Å²) in [5.41, 5.74) is 7.80. The normalized spacial score (nSPS) is 10.8. The minimum absolute atomic E-state index is 0.570. The molecule has 2 aromatic rings. The van der Waals surface area contributed by atoms with E-state index in [4.69, 9.17) is 10.5 Å². The van der Waals surface area contributed by atoms with Gasteiger partial charge < -0.3 is 15.0 Å². The van der Waals surface area contributed by atoms with Crippen LogP contribution in [0.2, 0.25) is 0 Å². The van der Waals surface area contributed by atoms with Crippen LogP contribution in [0.1, 0.15) is 13.3 Å². The molecule has 0 aliphatic carbocycles. The summed E-state index contributed by atoms with van der Waals surface area (Å²) in [4.78, 5) is 4.30. The fourth-order valence-corrected chi connectivity index (χ4v) is 1.71. The van der Waals surface area contributed by atoms with Gasteiger partial charge in [0.1, 0.15) is 5.75 Å². The lowest BCUT2D eigenvalue weighted by molar-refractivity contribution is 0.415. The average Bonchev–Trinajstić information content (AvgIpc) is 2.55. The Bertz CT molecular complexity index is 476. The molecule has 0 aliphatic heterocycles. The third-order valence-electron chi connectivity index (χ3n) is 2.43. The molecular weight excluding hydrogens is 190 g/mol. The first-order chi connectivity index (χ1) is 7.26. The maximum absolute atomic E-state index is 5.84. The van der Waals surface area contributed by atoms with Gasteiger partial charge in [0.05, 0.1) is 18.1 Å². The number of ether oxygens (including phenoxy) is 1. The molecule has 0 saturated carbocycles. The molecule has 0 unspecified atom stereocenters. The third-order valence-corrected chi connectivity index (χ3v) is 2.43. The lowest BCUT2D eigenvalue weighted by Crippen LogP contribution is -2.02. The van der Waals surface area contributed by atoms with Crippen LogP contribution >= 0.6 is 0 Å². The summed E-state index contributed by atoms with van der Waals surface area (Å²) in [6, 6.07) is 5.82. The number of hydrogen-bond acceptors (Lipinski definition) is 3. The van der Waals surface area contributed by atoms with E-state index in [2.05, 4.69) is 11.9 Å². The highest BCUT2D eigenvalue weighted by Gasteiger charge is 2.07. The van der Waals surface area contributed by atoms with Gasteiger partial charge in [-0.3, -0.25) is 0 Å². The number of aromatic nitrogens is 2. The van der Waals surface area contributed by atoms with Gasteiger partial charge in [0.25, 0.3) is 0 Å². The molecule has 2 N–H and O–H groups in total. The number of nitrogens with two attached hydrogens (primary N) is 1. The molecule has 0 aliphatic rings. The highest BCUT2D eigenvalue weighted by atomic mass is 16.5. The van der Waals surface area contributed by atoms with Crippen molar-refractivity contribution < 1.29 is 4.74 Å². The Labute approximate surface area is 88.7 Å². The summed E-state index contributed by atoms with van der Waals surface area (Å²) < 4.78 is 7.16. The van der Waals surface area contributed by atoms with E-state index >= 15 is 0 Å².